The van der Waals surface area contributed by atoms with Crippen molar-refractivity contribution < 1.29 is 13.5 Å². The number of benzene rings is 1. The minimum Gasteiger partial charge on any atom is -0.381 e. The first kappa shape index (κ1) is 15.9. The third kappa shape index (κ3) is 3.99. The van der Waals surface area contributed by atoms with Crippen LogP contribution in [0, 0.1) is 17.6 Å². The Balaban J connectivity index is 2.19. The van der Waals surface area contributed by atoms with E-state index in [1.807, 2.05) is 6.92 Å². The summed E-state index contributed by atoms with van der Waals surface area (Å²) in [7, 11) is 0. The minimum absolute atomic E-state index is 0.154. The Morgan fingerprint density at radius 3 is 2.45 bits per heavy atom. The Bertz CT molecular complexity index is 426. The number of nitrogens with one attached hydrogen (secondary N) is 1. The Hall–Kier alpha value is -0.520. The van der Waals surface area contributed by atoms with E-state index in [1.54, 1.807) is 0 Å². The van der Waals surface area contributed by atoms with Gasteiger partial charge in [0, 0.05) is 29.3 Å². The van der Waals surface area contributed by atoms with Crippen LogP contribution in [0.2, 0.25) is 0 Å². The third-order valence-corrected chi connectivity index (χ3v) is 4.21. The van der Waals surface area contributed by atoms with Gasteiger partial charge in [0.05, 0.1) is 0 Å². The monoisotopic (exact) mass is 347 g/mol. The highest BCUT2D eigenvalue weighted by Crippen LogP contribution is 2.31. The molecule has 1 saturated heterocycles. The molecule has 112 valence electrons. The molecule has 1 aromatic carbocycles. The Labute approximate surface area is 127 Å². The molecule has 0 aliphatic carbocycles. The molecule has 5 heteroatoms. The molecule has 0 amide bonds. The normalized spacial score (nSPS) is 18.2. The van der Waals surface area contributed by atoms with Gasteiger partial charge in [-0.25, -0.2) is 8.78 Å². The molecule has 1 heterocycles. The number of rotatable bonds is 5. The zero-order valence-electron chi connectivity index (χ0n) is 11.6. The van der Waals surface area contributed by atoms with E-state index in [9.17, 15) is 8.78 Å². The Morgan fingerprint density at radius 2 is 1.90 bits per heavy atom. The quantitative estimate of drug-likeness (QED) is 0.861. The van der Waals surface area contributed by atoms with Crippen LogP contribution in [0.15, 0.2) is 16.6 Å². The van der Waals surface area contributed by atoms with Crippen molar-refractivity contribution in [3.8, 4) is 0 Å². The van der Waals surface area contributed by atoms with Gasteiger partial charge in [-0.3, -0.25) is 0 Å². The Kier molecular flexibility index (Phi) is 5.93. The lowest BCUT2D eigenvalue weighted by molar-refractivity contribution is 0.0603. The lowest BCUT2D eigenvalue weighted by Crippen LogP contribution is -2.27. The average molecular weight is 348 g/mol. The van der Waals surface area contributed by atoms with E-state index in [0.717, 1.165) is 32.5 Å². The van der Waals surface area contributed by atoms with Gasteiger partial charge >= 0.3 is 0 Å². The van der Waals surface area contributed by atoms with Gasteiger partial charge in [0.2, 0.25) is 0 Å². The van der Waals surface area contributed by atoms with Crippen LogP contribution in [-0.4, -0.2) is 19.8 Å². The van der Waals surface area contributed by atoms with Crippen molar-refractivity contribution in [2.45, 2.75) is 32.2 Å². The molecule has 1 N–H and O–H groups in total. The summed E-state index contributed by atoms with van der Waals surface area (Å²) in [6.07, 6.45) is 2.66. The predicted molar refractivity (Wildman–Crippen MR) is 78.6 cm³/mol. The molecule has 0 radical (unpaired) electrons. The maximum atomic E-state index is 14.1. The maximum Gasteiger partial charge on any atom is 0.132 e. The first-order chi connectivity index (χ1) is 9.61. The second-order valence-corrected chi connectivity index (χ2v) is 6.10. The summed E-state index contributed by atoms with van der Waals surface area (Å²) in [5.74, 6) is -0.528. The van der Waals surface area contributed by atoms with E-state index in [1.165, 1.54) is 12.1 Å². The Morgan fingerprint density at radius 1 is 1.30 bits per heavy atom. The van der Waals surface area contributed by atoms with Gasteiger partial charge in [-0.1, -0.05) is 22.9 Å². The molecule has 2 rings (SSSR count). The van der Waals surface area contributed by atoms with Crippen LogP contribution in [-0.2, 0) is 4.74 Å². The number of hydrogen-bond acceptors (Lipinski definition) is 2. The summed E-state index contributed by atoms with van der Waals surface area (Å²) in [6, 6.07) is 2.37. The number of halogens is 3. The van der Waals surface area contributed by atoms with Crippen LogP contribution in [0.4, 0.5) is 8.78 Å². The van der Waals surface area contributed by atoms with Crippen molar-refractivity contribution in [2.24, 2.45) is 5.92 Å². The van der Waals surface area contributed by atoms with Crippen LogP contribution in [0.1, 0.15) is 37.8 Å². The molecule has 1 atom stereocenters. The van der Waals surface area contributed by atoms with E-state index in [2.05, 4.69) is 21.2 Å². The van der Waals surface area contributed by atoms with Gasteiger partial charge < -0.3 is 10.1 Å². The fourth-order valence-corrected chi connectivity index (χ4v) is 3.15. The highest BCUT2D eigenvalue weighted by molar-refractivity contribution is 9.10. The molecular weight excluding hydrogens is 328 g/mol. The largest absolute Gasteiger partial charge is 0.381 e. The van der Waals surface area contributed by atoms with E-state index < -0.39 is 11.6 Å². The van der Waals surface area contributed by atoms with Crippen molar-refractivity contribution in [1.29, 1.82) is 0 Å². The van der Waals surface area contributed by atoms with Crippen LogP contribution in [0.25, 0.3) is 0 Å². The van der Waals surface area contributed by atoms with Gasteiger partial charge in [-0.2, -0.15) is 0 Å². The van der Waals surface area contributed by atoms with E-state index >= 15 is 0 Å². The first-order valence-corrected chi connectivity index (χ1v) is 7.86. The molecule has 0 saturated carbocycles. The molecule has 1 aromatic rings. The summed E-state index contributed by atoms with van der Waals surface area (Å²) in [5, 5.41) is 3.21. The third-order valence-electron chi connectivity index (χ3n) is 3.75. The lowest BCUT2D eigenvalue weighted by atomic mass is 9.89. The van der Waals surface area contributed by atoms with Gasteiger partial charge in [0.25, 0.3) is 0 Å². The SMILES string of the molecule is CCNC(CC1CCOCC1)c1c(F)cc(Br)cc1F. The summed E-state index contributed by atoms with van der Waals surface area (Å²) < 4.78 is 34.0. The molecule has 20 heavy (non-hydrogen) atoms. The van der Waals surface area contributed by atoms with E-state index in [0.29, 0.717) is 16.9 Å². The minimum atomic E-state index is -0.491. The predicted octanol–water partition coefficient (Wildman–Crippen LogP) is 4.19. The maximum absolute atomic E-state index is 14.1. The lowest BCUT2D eigenvalue weighted by Gasteiger charge is -2.28. The summed E-state index contributed by atoms with van der Waals surface area (Å²) >= 11 is 3.12. The second kappa shape index (κ2) is 7.48. The molecular formula is C15H20BrF2NO. The fourth-order valence-electron chi connectivity index (χ4n) is 2.75. The fraction of sp³-hybridized carbons (Fsp3) is 0.600. The van der Waals surface area contributed by atoms with E-state index in [-0.39, 0.29) is 11.6 Å². The average Bonchev–Trinajstić information content (AvgIpc) is 2.39. The first-order valence-electron chi connectivity index (χ1n) is 7.07. The zero-order valence-corrected chi connectivity index (χ0v) is 13.2. The van der Waals surface area contributed by atoms with Crippen LogP contribution < -0.4 is 5.32 Å². The zero-order chi connectivity index (χ0) is 14.5. The summed E-state index contributed by atoms with van der Waals surface area (Å²) in [6.45, 7) is 4.12. The van der Waals surface area contributed by atoms with Gasteiger partial charge in [-0.15, -0.1) is 0 Å². The smallest absolute Gasteiger partial charge is 0.132 e. The molecule has 1 fully saturated rings. The van der Waals surface area contributed by atoms with Crippen LogP contribution >= 0.6 is 15.9 Å². The van der Waals surface area contributed by atoms with E-state index in [4.69, 9.17) is 4.74 Å². The summed E-state index contributed by atoms with van der Waals surface area (Å²) in [4.78, 5) is 0. The highest BCUT2D eigenvalue weighted by atomic mass is 79.9. The molecule has 1 unspecified atom stereocenters. The molecule has 0 spiro atoms. The number of hydrogen-bond donors (Lipinski definition) is 1. The van der Waals surface area contributed by atoms with Crippen molar-refractivity contribution in [1.82, 2.24) is 5.32 Å². The molecule has 1 aliphatic rings. The van der Waals surface area contributed by atoms with Gasteiger partial charge in [-0.05, 0) is 43.9 Å². The molecule has 2 nitrogen and oxygen atoms in total. The van der Waals surface area contributed by atoms with Crippen molar-refractivity contribution in [3.05, 3.63) is 33.8 Å². The number of ether oxygens (including phenoxy) is 1. The highest BCUT2D eigenvalue weighted by Gasteiger charge is 2.25. The van der Waals surface area contributed by atoms with Gasteiger partial charge in [0.1, 0.15) is 11.6 Å². The van der Waals surface area contributed by atoms with Crippen molar-refractivity contribution in [2.75, 3.05) is 19.8 Å². The standard InChI is InChI=1S/C15H20BrF2NO/c1-2-19-14(7-10-3-5-20-6-4-10)15-12(17)8-11(16)9-13(15)18/h8-10,14,19H,2-7H2,1H3. The molecule has 1 aliphatic heterocycles. The topological polar surface area (TPSA) is 21.3 Å². The van der Waals surface area contributed by atoms with Crippen molar-refractivity contribution in [3.63, 3.8) is 0 Å². The van der Waals surface area contributed by atoms with Crippen molar-refractivity contribution >= 4 is 15.9 Å². The van der Waals surface area contributed by atoms with Gasteiger partial charge in [0.15, 0.2) is 0 Å². The van der Waals surface area contributed by atoms with Crippen LogP contribution in [0.5, 0.6) is 0 Å². The second-order valence-electron chi connectivity index (χ2n) is 5.18. The summed E-state index contributed by atoms with van der Waals surface area (Å²) in [5.41, 5.74) is 0.154. The molecule has 0 aromatic heterocycles. The molecule has 0 bridgehead atoms. The van der Waals surface area contributed by atoms with Crippen LogP contribution in [0.3, 0.4) is 0 Å².